The van der Waals surface area contributed by atoms with E-state index in [2.05, 4.69) is 0 Å². The van der Waals surface area contributed by atoms with Crippen molar-refractivity contribution >= 4 is 11.6 Å². The highest BCUT2D eigenvalue weighted by molar-refractivity contribution is 5.92. The highest BCUT2D eigenvalue weighted by Gasteiger charge is 2.07. The van der Waals surface area contributed by atoms with Gasteiger partial charge >= 0.3 is 0 Å². The number of nitriles is 1. The number of benzene rings is 1. The molecular formula is C11H12N2O. The molecule has 1 rings (SSSR count). The Labute approximate surface area is 83.6 Å². The molecule has 3 heteroatoms. The lowest BCUT2D eigenvalue weighted by atomic mass is 10.2. The third-order valence-electron chi connectivity index (χ3n) is 2.06. The predicted molar refractivity (Wildman–Crippen MR) is 54.9 cm³/mol. The van der Waals surface area contributed by atoms with Crippen LogP contribution in [-0.2, 0) is 4.79 Å². The van der Waals surface area contributed by atoms with Crippen LogP contribution in [0, 0.1) is 11.3 Å². The van der Waals surface area contributed by atoms with E-state index in [1.54, 1.807) is 36.2 Å². The molecule has 1 aromatic carbocycles. The molecular weight excluding hydrogens is 176 g/mol. The standard InChI is InChI=1S/C11H12N2O/c1-3-11(14)13(2)10-6-4-9(8-12)5-7-10/h4-7H,3H2,1-2H3. The molecule has 0 atom stereocenters. The maximum absolute atomic E-state index is 11.3. The van der Waals surface area contributed by atoms with Crippen molar-refractivity contribution in [2.24, 2.45) is 0 Å². The van der Waals surface area contributed by atoms with Crippen molar-refractivity contribution in [2.75, 3.05) is 11.9 Å². The zero-order chi connectivity index (χ0) is 10.6. The average molecular weight is 188 g/mol. The van der Waals surface area contributed by atoms with E-state index in [9.17, 15) is 4.79 Å². The third kappa shape index (κ3) is 2.11. The Morgan fingerprint density at radius 2 is 2.00 bits per heavy atom. The number of carbonyl (C=O) groups excluding carboxylic acids is 1. The van der Waals surface area contributed by atoms with E-state index in [0.29, 0.717) is 12.0 Å². The van der Waals surface area contributed by atoms with Crippen LogP contribution >= 0.6 is 0 Å². The van der Waals surface area contributed by atoms with Crippen LogP contribution in [0.4, 0.5) is 5.69 Å². The van der Waals surface area contributed by atoms with Gasteiger partial charge in [0.25, 0.3) is 0 Å². The number of anilines is 1. The molecule has 0 aliphatic carbocycles. The van der Waals surface area contributed by atoms with Gasteiger partial charge in [0.1, 0.15) is 0 Å². The van der Waals surface area contributed by atoms with E-state index in [1.807, 2.05) is 13.0 Å². The van der Waals surface area contributed by atoms with Gasteiger partial charge in [-0.15, -0.1) is 0 Å². The second kappa shape index (κ2) is 4.43. The molecule has 14 heavy (non-hydrogen) atoms. The van der Waals surface area contributed by atoms with Crippen molar-refractivity contribution in [1.82, 2.24) is 0 Å². The van der Waals surface area contributed by atoms with Crippen LogP contribution in [0.3, 0.4) is 0 Å². The molecule has 1 aromatic rings. The topological polar surface area (TPSA) is 44.1 Å². The second-order valence-corrected chi connectivity index (χ2v) is 2.96. The molecule has 72 valence electrons. The van der Waals surface area contributed by atoms with Gasteiger partial charge in [-0.3, -0.25) is 4.79 Å². The van der Waals surface area contributed by atoms with E-state index in [1.165, 1.54) is 0 Å². The summed E-state index contributed by atoms with van der Waals surface area (Å²) in [6.45, 7) is 1.82. The van der Waals surface area contributed by atoms with Crippen LogP contribution in [0.2, 0.25) is 0 Å². The van der Waals surface area contributed by atoms with Crippen LogP contribution in [0.1, 0.15) is 18.9 Å². The predicted octanol–water partition coefficient (Wildman–Crippen LogP) is 1.93. The number of nitrogens with zero attached hydrogens (tertiary/aromatic N) is 2. The minimum Gasteiger partial charge on any atom is -0.316 e. The molecule has 0 aromatic heterocycles. The summed E-state index contributed by atoms with van der Waals surface area (Å²) < 4.78 is 0. The second-order valence-electron chi connectivity index (χ2n) is 2.96. The Morgan fingerprint density at radius 3 is 2.43 bits per heavy atom. The van der Waals surface area contributed by atoms with Gasteiger partial charge in [0.2, 0.25) is 5.91 Å². The van der Waals surface area contributed by atoms with Crippen molar-refractivity contribution in [1.29, 1.82) is 5.26 Å². The normalized spacial score (nSPS) is 9.21. The summed E-state index contributed by atoms with van der Waals surface area (Å²) in [6.07, 6.45) is 0.483. The largest absolute Gasteiger partial charge is 0.316 e. The molecule has 0 aliphatic rings. The lowest BCUT2D eigenvalue weighted by molar-refractivity contribution is -0.118. The number of hydrogen-bond acceptors (Lipinski definition) is 2. The first-order valence-electron chi connectivity index (χ1n) is 4.45. The molecule has 0 heterocycles. The van der Waals surface area contributed by atoms with E-state index in [-0.39, 0.29) is 5.91 Å². The van der Waals surface area contributed by atoms with Crippen molar-refractivity contribution in [2.45, 2.75) is 13.3 Å². The lowest BCUT2D eigenvalue weighted by Crippen LogP contribution is -2.24. The van der Waals surface area contributed by atoms with Gasteiger partial charge in [-0.2, -0.15) is 5.26 Å². The van der Waals surface area contributed by atoms with Crippen molar-refractivity contribution in [3.05, 3.63) is 29.8 Å². The minimum atomic E-state index is 0.0645. The minimum absolute atomic E-state index is 0.0645. The quantitative estimate of drug-likeness (QED) is 0.711. The fraction of sp³-hybridized carbons (Fsp3) is 0.273. The molecule has 0 aliphatic heterocycles. The van der Waals surface area contributed by atoms with Crippen LogP contribution in [0.25, 0.3) is 0 Å². The summed E-state index contributed by atoms with van der Waals surface area (Å²) >= 11 is 0. The van der Waals surface area contributed by atoms with E-state index in [0.717, 1.165) is 5.69 Å². The number of hydrogen-bond donors (Lipinski definition) is 0. The molecule has 1 amide bonds. The van der Waals surface area contributed by atoms with Gasteiger partial charge in [0.05, 0.1) is 11.6 Å². The summed E-state index contributed by atoms with van der Waals surface area (Å²) in [5, 5.41) is 8.59. The number of amides is 1. The summed E-state index contributed by atoms with van der Waals surface area (Å²) in [7, 11) is 1.73. The Bertz CT molecular complexity index is 362. The smallest absolute Gasteiger partial charge is 0.226 e. The fourth-order valence-electron chi connectivity index (χ4n) is 1.14. The van der Waals surface area contributed by atoms with Crippen molar-refractivity contribution < 1.29 is 4.79 Å². The first kappa shape index (κ1) is 10.3. The first-order chi connectivity index (χ1) is 6.69. The van der Waals surface area contributed by atoms with E-state index < -0.39 is 0 Å². The monoisotopic (exact) mass is 188 g/mol. The first-order valence-corrected chi connectivity index (χ1v) is 4.45. The highest BCUT2D eigenvalue weighted by Crippen LogP contribution is 2.13. The van der Waals surface area contributed by atoms with Gasteiger partial charge < -0.3 is 4.90 Å². The number of carbonyl (C=O) groups is 1. The molecule has 0 spiro atoms. The Balaban J connectivity index is 2.88. The van der Waals surface area contributed by atoms with E-state index in [4.69, 9.17) is 5.26 Å². The Morgan fingerprint density at radius 1 is 1.43 bits per heavy atom. The SMILES string of the molecule is CCC(=O)N(C)c1ccc(C#N)cc1. The molecule has 0 bridgehead atoms. The number of rotatable bonds is 2. The van der Waals surface area contributed by atoms with Gasteiger partial charge in [0.15, 0.2) is 0 Å². The van der Waals surface area contributed by atoms with E-state index >= 15 is 0 Å². The molecule has 3 nitrogen and oxygen atoms in total. The fourth-order valence-corrected chi connectivity index (χ4v) is 1.14. The molecule has 0 saturated heterocycles. The van der Waals surface area contributed by atoms with Crippen molar-refractivity contribution in [3.63, 3.8) is 0 Å². The summed E-state index contributed by atoms with van der Waals surface area (Å²) in [6, 6.07) is 8.98. The van der Waals surface area contributed by atoms with Gasteiger partial charge in [-0.05, 0) is 24.3 Å². The van der Waals surface area contributed by atoms with Gasteiger partial charge in [0, 0.05) is 19.2 Å². The van der Waals surface area contributed by atoms with Gasteiger partial charge in [-0.25, -0.2) is 0 Å². The molecule has 0 N–H and O–H groups in total. The summed E-state index contributed by atoms with van der Waals surface area (Å²) in [5.74, 6) is 0.0645. The molecule has 0 fully saturated rings. The molecule has 0 radical (unpaired) electrons. The lowest BCUT2D eigenvalue weighted by Gasteiger charge is -2.15. The summed E-state index contributed by atoms with van der Waals surface area (Å²) in [5.41, 5.74) is 1.42. The summed E-state index contributed by atoms with van der Waals surface area (Å²) in [4.78, 5) is 12.9. The Kier molecular flexibility index (Phi) is 3.24. The maximum atomic E-state index is 11.3. The van der Waals surface area contributed by atoms with Gasteiger partial charge in [-0.1, -0.05) is 6.92 Å². The average Bonchev–Trinajstić information content (AvgIpc) is 2.27. The van der Waals surface area contributed by atoms with Crippen LogP contribution in [0.5, 0.6) is 0 Å². The van der Waals surface area contributed by atoms with Crippen LogP contribution < -0.4 is 4.90 Å². The maximum Gasteiger partial charge on any atom is 0.226 e. The zero-order valence-corrected chi connectivity index (χ0v) is 8.32. The molecule has 0 saturated carbocycles. The van der Waals surface area contributed by atoms with Crippen LogP contribution in [-0.4, -0.2) is 13.0 Å². The zero-order valence-electron chi connectivity index (χ0n) is 8.32. The van der Waals surface area contributed by atoms with Crippen LogP contribution in [0.15, 0.2) is 24.3 Å². The molecule has 0 unspecified atom stereocenters. The Hall–Kier alpha value is -1.82. The highest BCUT2D eigenvalue weighted by atomic mass is 16.2. The van der Waals surface area contributed by atoms with Crippen molar-refractivity contribution in [3.8, 4) is 6.07 Å². The third-order valence-corrected chi connectivity index (χ3v) is 2.06.